The topological polar surface area (TPSA) is 55.1 Å². The minimum Gasteiger partial charge on any atom is -0.294 e. The highest BCUT2D eigenvalue weighted by atomic mass is 16.2. The first-order valence-electron chi connectivity index (χ1n) is 7.93. The lowest BCUT2D eigenvalue weighted by atomic mass is 9.90. The van der Waals surface area contributed by atoms with Crippen LogP contribution in [0.15, 0.2) is 54.6 Å². The molecule has 0 aliphatic carbocycles. The highest BCUT2D eigenvalue weighted by Crippen LogP contribution is 2.36. The third-order valence-electron chi connectivity index (χ3n) is 4.63. The van der Waals surface area contributed by atoms with E-state index in [1.807, 2.05) is 0 Å². The van der Waals surface area contributed by atoms with Crippen LogP contribution in [-0.2, 0) is 11.2 Å². The summed E-state index contributed by atoms with van der Waals surface area (Å²) in [7, 11) is 0. The molecule has 3 nitrogen and oxygen atoms in total. The van der Waals surface area contributed by atoms with Crippen LogP contribution in [0.3, 0.4) is 0 Å². The maximum absolute atomic E-state index is 11.3. The molecule has 0 aliphatic rings. The third kappa shape index (κ3) is 2.30. The number of benzene rings is 4. The highest BCUT2D eigenvalue weighted by Gasteiger charge is 2.10. The van der Waals surface area contributed by atoms with Gasteiger partial charge in [-0.15, -0.1) is 0 Å². The minimum absolute atomic E-state index is 0.109. The fourth-order valence-corrected chi connectivity index (χ4v) is 3.53. The summed E-state index contributed by atoms with van der Waals surface area (Å²) in [5, 5.41) is 7.79. The van der Waals surface area contributed by atoms with Crippen LogP contribution in [0, 0.1) is 0 Å². The Morgan fingerprint density at radius 1 is 0.870 bits per heavy atom. The molecule has 0 spiro atoms. The van der Waals surface area contributed by atoms with Crippen LogP contribution in [-0.4, -0.2) is 5.91 Å². The zero-order chi connectivity index (χ0) is 15.8. The van der Waals surface area contributed by atoms with Gasteiger partial charge in [-0.1, -0.05) is 54.6 Å². The molecule has 3 N–H and O–H groups in total. The quantitative estimate of drug-likeness (QED) is 0.260. The molecule has 4 rings (SSSR count). The number of nitrogens with one attached hydrogen (secondary N) is 1. The van der Waals surface area contributed by atoms with Crippen LogP contribution in [0.5, 0.6) is 0 Å². The van der Waals surface area contributed by atoms with Gasteiger partial charge in [0.05, 0.1) is 0 Å². The predicted molar refractivity (Wildman–Crippen MR) is 95.4 cm³/mol. The second kappa shape index (κ2) is 5.52. The monoisotopic (exact) mass is 302 g/mol. The van der Waals surface area contributed by atoms with E-state index < -0.39 is 0 Å². The van der Waals surface area contributed by atoms with Gasteiger partial charge in [-0.25, -0.2) is 5.84 Å². The summed E-state index contributed by atoms with van der Waals surface area (Å²) in [5.41, 5.74) is 3.48. The molecule has 0 heterocycles. The van der Waals surface area contributed by atoms with Crippen molar-refractivity contribution in [3.8, 4) is 0 Å². The second-order valence-electron chi connectivity index (χ2n) is 6.00. The molecule has 114 valence electrons. The molecule has 0 fully saturated rings. The van der Waals surface area contributed by atoms with Gasteiger partial charge >= 0.3 is 0 Å². The molecule has 3 heteroatoms. The summed E-state index contributed by atoms with van der Waals surface area (Å²) in [5.74, 6) is 5.03. The fraction of sp³-hybridized carbons (Fsp3) is 0.150. The Labute approximate surface area is 134 Å². The minimum atomic E-state index is -0.109. The van der Waals surface area contributed by atoms with E-state index in [-0.39, 0.29) is 5.91 Å². The van der Waals surface area contributed by atoms with E-state index in [9.17, 15) is 4.79 Å². The molecule has 1 amide bonds. The first-order valence-corrected chi connectivity index (χ1v) is 7.93. The average Bonchev–Trinajstić information content (AvgIpc) is 2.60. The van der Waals surface area contributed by atoms with Gasteiger partial charge in [-0.3, -0.25) is 10.2 Å². The molecule has 0 saturated heterocycles. The van der Waals surface area contributed by atoms with E-state index in [1.54, 1.807) is 0 Å². The van der Waals surface area contributed by atoms with Crippen molar-refractivity contribution in [1.29, 1.82) is 0 Å². The summed E-state index contributed by atoms with van der Waals surface area (Å²) in [6, 6.07) is 19.6. The smallest absolute Gasteiger partial charge is 0.233 e. The molecule has 0 aliphatic heterocycles. The van der Waals surface area contributed by atoms with Crippen molar-refractivity contribution in [2.45, 2.75) is 19.3 Å². The lowest BCUT2D eigenvalue weighted by molar-refractivity contribution is -0.121. The van der Waals surface area contributed by atoms with Crippen LogP contribution in [0.2, 0.25) is 0 Å². The van der Waals surface area contributed by atoms with Crippen molar-refractivity contribution in [3.63, 3.8) is 0 Å². The second-order valence-corrected chi connectivity index (χ2v) is 6.00. The number of hydrogen-bond acceptors (Lipinski definition) is 2. The number of hydrogen-bond donors (Lipinski definition) is 2. The van der Waals surface area contributed by atoms with Crippen molar-refractivity contribution in [1.82, 2.24) is 5.43 Å². The number of nitrogens with two attached hydrogens (primary N) is 1. The first-order chi connectivity index (χ1) is 11.3. The molecule has 0 radical (unpaired) electrons. The average molecular weight is 302 g/mol. The zero-order valence-corrected chi connectivity index (χ0v) is 12.8. The standard InChI is InChI=1S/C20H18N2O/c21-22-18(23)6-2-3-13-7-8-16-10-9-14-4-1-5-15-11-12-17(13)20(16)19(14)15/h1,4-5,7-12H,2-3,6,21H2,(H,22,23). The predicted octanol–water partition coefficient (Wildman–Crippen LogP) is 3.90. The van der Waals surface area contributed by atoms with Crippen molar-refractivity contribution < 1.29 is 4.79 Å². The van der Waals surface area contributed by atoms with E-state index >= 15 is 0 Å². The van der Waals surface area contributed by atoms with Gasteiger partial charge in [-0.2, -0.15) is 0 Å². The van der Waals surface area contributed by atoms with E-state index in [0.29, 0.717) is 6.42 Å². The Bertz CT molecular complexity index is 991. The molecular weight excluding hydrogens is 284 g/mol. The van der Waals surface area contributed by atoms with Gasteiger partial charge in [0.1, 0.15) is 0 Å². The Kier molecular flexibility index (Phi) is 3.36. The lowest BCUT2D eigenvalue weighted by Crippen LogP contribution is -2.29. The van der Waals surface area contributed by atoms with Crippen LogP contribution < -0.4 is 11.3 Å². The van der Waals surface area contributed by atoms with Gasteiger partial charge in [0, 0.05) is 6.42 Å². The summed E-state index contributed by atoms with van der Waals surface area (Å²) in [6.45, 7) is 0. The third-order valence-corrected chi connectivity index (χ3v) is 4.63. The number of amides is 1. The van der Waals surface area contributed by atoms with Gasteiger partial charge in [0.25, 0.3) is 0 Å². The van der Waals surface area contributed by atoms with Crippen molar-refractivity contribution in [2.24, 2.45) is 5.84 Å². The Balaban J connectivity index is 1.85. The fourth-order valence-electron chi connectivity index (χ4n) is 3.53. The van der Waals surface area contributed by atoms with Crippen molar-refractivity contribution >= 4 is 38.2 Å². The van der Waals surface area contributed by atoms with Crippen molar-refractivity contribution in [2.75, 3.05) is 0 Å². The molecule has 23 heavy (non-hydrogen) atoms. The lowest BCUT2D eigenvalue weighted by Gasteiger charge is -2.13. The van der Waals surface area contributed by atoms with Gasteiger partial charge in [-0.05, 0) is 50.7 Å². The molecule has 0 aromatic heterocycles. The summed E-state index contributed by atoms with van der Waals surface area (Å²) in [6.07, 6.45) is 2.13. The van der Waals surface area contributed by atoms with Gasteiger partial charge in [0.2, 0.25) is 5.91 Å². The van der Waals surface area contributed by atoms with Crippen LogP contribution in [0.1, 0.15) is 18.4 Å². The van der Waals surface area contributed by atoms with E-state index in [4.69, 9.17) is 5.84 Å². The van der Waals surface area contributed by atoms with Crippen LogP contribution in [0.4, 0.5) is 0 Å². The normalized spacial score (nSPS) is 11.5. The SMILES string of the molecule is NNC(=O)CCCc1ccc2ccc3cccc4ccc1c2c34. The molecule has 0 bridgehead atoms. The largest absolute Gasteiger partial charge is 0.294 e. The van der Waals surface area contributed by atoms with Crippen LogP contribution in [0.25, 0.3) is 32.3 Å². The Morgan fingerprint density at radius 2 is 1.52 bits per heavy atom. The highest BCUT2D eigenvalue weighted by molar-refractivity contribution is 6.23. The molecule has 0 unspecified atom stereocenters. The van der Waals surface area contributed by atoms with E-state index in [1.165, 1.54) is 37.9 Å². The summed E-state index contributed by atoms with van der Waals surface area (Å²) < 4.78 is 0. The zero-order valence-electron chi connectivity index (χ0n) is 12.8. The molecule has 4 aromatic carbocycles. The number of rotatable bonds is 4. The number of carbonyl (C=O) groups excluding carboxylic acids is 1. The number of carbonyl (C=O) groups is 1. The summed E-state index contributed by atoms with van der Waals surface area (Å²) in [4.78, 5) is 11.3. The molecule has 0 atom stereocenters. The molecule has 4 aromatic rings. The van der Waals surface area contributed by atoms with E-state index in [0.717, 1.165) is 12.8 Å². The van der Waals surface area contributed by atoms with Gasteiger partial charge in [0.15, 0.2) is 0 Å². The maximum Gasteiger partial charge on any atom is 0.233 e. The van der Waals surface area contributed by atoms with Gasteiger partial charge < -0.3 is 0 Å². The maximum atomic E-state index is 11.3. The number of aryl methyl sites for hydroxylation is 1. The Morgan fingerprint density at radius 3 is 2.26 bits per heavy atom. The van der Waals surface area contributed by atoms with Crippen LogP contribution >= 0.6 is 0 Å². The molecular formula is C20H18N2O. The Hall–Kier alpha value is -2.65. The number of hydrazine groups is 1. The summed E-state index contributed by atoms with van der Waals surface area (Å²) >= 11 is 0. The first kappa shape index (κ1) is 14.0. The van der Waals surface area contributed by atoms with Crippen molar-refractivity contribution in [3.05, 3.63) is 60.2 Å². The molecule has 0 saturated carbocycles. The van der Waals surface area contributed by atoms with E-state index in [2.05, 4.69) is 60.0 Å².